The Morgan fingerprint density at radius 2 is 1.74 bits per heavy atom. The number of hydrogen-bond donors (Lipinski definition) is 1. The van der Waals surface area contributed by atoms with Crippen molar-refractivity contribution in [3.05, 3.63) is 68.7 Å². The van der Waals surface area contributed by atoms with Crippen LogP contribution in [-0.2, 0) is 0 Å². The average molecular weight is 379 g/mol. The van der Waals surface area contributed by atoms with Gasteiger partial charge in [0.2, 0.25) is 0 Å². The number of benzene rings is 2. The third-order valence-corrected chi connectivity index (χ3v) is 4.20. The van der Waals surface area contributed by atoms with Gasteiger partial charge in [-0.05, 0) is 36.4 Å². The number of aromatic nitrogens is 1. The molecule has 19 heavy (non-hydrogen) atoms. The minimum Gasteiger partial charge on any atom is -0.360 e. The van der Waals surface area contributed by atoms with Gasteiger partial charge in [0, 0.05) is 37.2 Å². The van der Waals surface area contributed by atoms with Crippen LogP contribution in [0.3, 0.4) is 0 Å². The number of fused-ring (bicyclic) bond motifs is 1. The highest BCUT2D eigenvalue weighted by molar-refractivity contribution is 9.11. The summed E-state index contributed by atoms with van der Waals surface area (Å²) in [6.45, 7) is 0. The summed E-state index contributed by atoms with van der Waals surface area (Å²) < 4.78 is 1.89. The summed E-state index contributed by atoms with van der Waals surface area (Å²) in [5.41, 5.74) is 2.32. The molecule has 0 spiro atoms. The summed E-state index contributed by atoms with van der Waals surface area (Å²) in [5, 5.41) is 0.926. The van der Waals surface area contributed by atoms with Crippen molar-refractivity contribution in [2.75, 3.05) is 0 Å². The Hall–Kier alpha value is -1.39. The molecule has 2 aromatic carbocycles. The zero-order valence-corrected chi connectivity index (χ0v) is 13.0. The molecule has 0 fully saturated rings. The Labute approximate surface area is 127 Å². The quantitative estimate of drug-likeness (QED) is 0.630. The Balaban J connectivity index is 2.14. The minimum absolute atomic E-state index is 0.0191. The molecule has 0 saturated carbocycles. The standard InChI is InChI=1S/C15H9Br2NO/c16-10-6-4-9(5-7-10)15(19)11-8-18-13-3-1-2-12(17)14(11)13/h1-8,18H. The first-order chi connectivity index (χ1) is 9.16. The summed E-state index contributed by atoms with van der Waals surface area (Å²) in [7, 11) is 0. The minimum atomic E-state index is 0.0191. The maximum Gasteiger partial charge on any atom is 0.195 e. The molecule has 0 saturated heterocycles. The zero-order valence-electron chi connectivity index (χ0n) is 9.78. The number of hydrogen-bond acceptors (Lipinski definition) is 1. The molecule has 1 heterocycles. The van der Waals surface area contributed by atoms with Gasteiger partial charge in [-0.2, -0.15) is 0 Å². The maximum atomic E-state index is 12.5. The summed E-state index contributed by atoms with van der Waals surface area (Å²) in [6.07, 6.45) is 1.76. The van der Waals surface area contributed by atoms with E-state index in [2.05, 4.69) is 36.8 Å². The SMILES string of the molecule is O=C(c1ccc(Br)cc1)c1c[nH]c2cccc(Br)c12. The monoisotopic (exact) mass is 377 g/mol. The smallest absolute Gasteiger partial charge is 0.195 e. The highest BCUT2D eigenvalue weighted by Crippen LogP contribution is 2.28. The van der Waals surface area contributed by atoms with Crippen molar-refractivity contribution in [2.45, 2.75) is 0 Å². The molecular weight excluding hydrogens is 370 g/mol. The molecule has 0 amide bonds. The van der Waals surface area contributed by atoms with Gasteiger partial charge in [0.1, 0.15) is 0 Å². The van der Waals surface area contributed by atoms with Gasteiger partial charge in [-0.1, -0.05) is 37.9 Å². The number of aromatic amines is 1. The molecule has 94 valence electrons. The van der Waals surface area contributed by atoms with Crippen molar-refractivity contribution in [2.24, 2.45) is 0 Å². The van der Waals surface area contributed by atoms with Crippen LogP contribution < -0.4 is 0 Å². The van der Waals surface area contributed by atoms with E-state index in [0.717, 1.165) is 19.8 Å². The highest BCUT2D eigenvalue weighted by Gasteiger charge is 2.15. The first kappa shape index (κ1) is 12.6. The molecule has 0 radical (unpaired) electrons. The number of rotatable bonds is 2. The van der Waals surface area contributed by atoms with E-state index in [-0.39, 0.29) is 5.78 Å². The molecule has 0 atom stereocenters. The van der Waals surface area contributed by atoms with E-state index < -0.39 is 0 Å². The first-order valence-corrected chi connectivity index (χ1v) is 7.31. The van der Waals surface area contributed by atoms with Crippen LogP contribution in [0.5, 0.6) is 0 Å². The van der Waals surface area contributed by atoms with E-state index in [1.54, 1.807) is 6.20 Å². The van der Waals surface area contributed by atoms with Crippen LogP contribution in [0.1, 0.15) is 15.9 Å². The van der Waals surface area contributed by atoms with Gasteiger partial charge < -0.3 is 4.98 Å². The van der Waals surface area contributed by atoms with Crippen molar-refractivity contribution >= 4 is 48.5 Å². The van der Waals surface area contributed by atoms with Gasteiger partial charge in [0.15, 0.2) is 5.78 Å². The summed E-state index contributed by atoms with van der Waals surface area (Å²) >= 11 is 6.87. The third kappa shape index (κ3) is 2.26. The molecule has 2 nitrogen and oxygen atoms in total. The van der Waals surface area contributed by atoms with Crippen molar-refractivity contribution in [1.29, 1.82) is 0 Å². The molecule has 0 aliphatic rings. The lowest BCUT2D eigenvalue weighted by Crippen LogP contribution is -2.00. The largest absolute Gasteiger partial charge is 0.360 e. The Kier molecular flexibility index (Phi) is 3.29. The fraction of sp³-hybridized carbons (Fsp3) is 0. The average Bonchev–Trinajstić information content (AvgIpc) is 2.84. The molecule has 0 aliphatic heterocycles. The topological polar surface area (TPSA) is 32.9 Å². The summed E-state index contributed by atoms with van der Waals surface area (Å²) in [4.78, 5) is 15.7. The second-order valence-electron chi connectivity index (χ2n) is 4.20. The van der Waals surface area contributed by atoms with Crippen LogP contribution in [-0.4, -0.2) is 10.8 Å². The predicted molar refractivity (Wildman–Crippen MR) is 83.6 cm³/mol. The summed E-state index contributed by atoms with van der Waals surface area (Å²) in [6, 6.07) is 13.2. The normalized spacial score (nSPS) is 10.8. The van der Waals surface area contributed by atoms with Crippen LogP contribution in [0.15, 0.2) is 57.6 Å². The fourth-order valence-corrected chi connectivity index (χ4v) is 2.92. The fourth-order valence-electron chi connectivity index (χ4n) is 2.08. The van der Waals surface area contributed by atoms with Crippen LogP contribution in [0.4, 0.5) is 0 Å². The lowest BCUT2D eigenvalue weighted by atomic mass is 10.0. The van der Waals surface area contributed by atoms with Crippen molar-refractivity contribution in [1.82, 2.24) is 4.98 Å². The van der Waals surface area contributed by atoms with Crippen LogP contribution in [0.25, 0.3) is 10.9 Å². The van der Waals surface area contributed by atoms with Gasteiger partial charge in [-0.3, -0.25) is 4.79 Å². The number of carbonyl (C=O) groups is 1. The maximum absolute atomic E-state index is 12.5. The lowest BCUT2D eigenvalue weighted by molar-refractivity contribution is 0.104. The number of halogens is 2. The van der Waals surface area contributed by atoms with E-state index in [0.29, 0.717) is 11.1 Å². The van der Waals surface area contributed by atoms with E-state index in [1.807, 2.05) is 42.5 Å². The molecule has 0 aliphatic carbocycles. The van der Waals surface area contributed by atoms with Gasteiger partial charge in [0.05, 0.1) is 0 Å². The van der Waals surface area contributed by atoms with Gasteiger partial charge >= 0.3 is 0 Å². The van der Waals surface area contributed by atoms with E-state index in [4.69, 9.17) is 0 Å². The number of nitrogens with one attached hydrogen (secondary N) is 1. The predicted octanol–water partition coefficient (Wildman–Crippen LogP) is 4.92. The zero-order chi connectivity index (χ0) is 13.4. The van der Waals surface area contributed by atoms with Gasteiger partial charge in [0.25, 0.3) is 0 Å². The van der Waals surface area contributed by atoms with Crippen molar-refractivity contribution in [3.63, 3.8) is 0 Å². The number of ketones is 1. The van der Waals surface area contributed by atoms with Gasteiger partial charge in [-0.25, -0.2) is 0 Å². The van der Waals surface area contributed by atoms with Gasteiger partial charge in [-0.15, -0.1) is 0 Å². The Bertz CT molecular complexity index is 759. The second-order valence-corrected chi connectivity index (χ2v) is 5.97. The molecule has 3 rings (SSSR count). The third-order valence-electron chi connectivity index (χ3n) is 3.01. The molecule has 4 heteroatoms. The summed E-state index contributed by atoms with van der Waals surface area (Å²) in [5.74, 6) is 0.0191. The van der Waals surface area contributed by atoms with Crippen LogP contribution >= 0.6 is 31.9 Å². The molecule has 1 N–H and O–H groups in total. The van der Waals surface area contributed by atoms with Crippen molar-refractivity contribution < 1.29 is 4.79 Å². The number of carbonyl (C=O) groups excluding carboxylic acids is 1. The molecule has 3 aromatic rings. The van der Waals surface area contributed by atoms with Crippen molar-refractivity contribution in [3.8, 4) is 0 Å². The van der Waals surface area contributed by atoms with E-state index in [9.17, 15) is 4.79 Å². The number of H-pyrrole nitrogens is 1. The molecular formula is C15H9Br2NO. The first-order valence-electron chi connectivity index (χ1n) is 5.72. The Morgan fingerprint density at radius 1 is 1.00 bits per heavy atom. The van der Waals surface area contributed by atoms with E-state index >= 15 is 0 Å². The van der Waals surface area contributed by atoms with E-state index in [1.165, 1.54) is 0 Å². The lowest BCUT2D eigenvalue weighted by Gasteiger charge is -2.01. The molecule has 0 bridgehead atoms. The molecule has 0 unspecified atom stereocenters. The second kappa shape index (κ2) is 4.94. The van der Waals surface area contributed by atoms with Crippen LogP contribution in [0, 0.1) is 0 Å². The Morgan fingerprint density at radius 3 is 2.47 bits per heavy atom. The van der Waals surface area contributed by atoms with Crippen LogP contribution in [0.2, 0.25) is 0 Å². The molecule has 1 aromatic heterocycles. The highest BCUT2D eigenvalue weighted by atomic mass is 79.9.